The van der Waals surface area contributed by atoms with Crippen molar-refractivity contribution in [2.75, 3.05) is 12.4 Å². The zero-order valence-electron chi connectivity index (χ0n) is 16.2. The molecule has 6 nitrogen and oxygen atoms in total. The Balaban J connectivity index is 1.59. The largest absolute Gasteiger partial charge is 0.493 e. The fraction of sp³-hybridized carbons (Fsp3) is 0.273. The second kappa shape index (κ2) is 7.38. The van der Waals surface area contributed by atoms with Crippen molar-refractivity contribution in [2.45, 2.75) is 32.8 Å². The SMILES string of the molecule is COc1cc([C@H]2CC(=O)Nc3n[nH]c(C)c32)ccc1OCc1ccc(C)cc1. The van der Waals surface area contributed by atoms with E-state index in [4.69, 9.17) is 9.47 Å². The topological polar surface area (TPSA) is 76.2 Å². The summed E-state index contributed by atoms with van der Waals surface area (Å²) in [4.78, 5) is 12.1. The highest BCUT2D eigenvalue weighted by Gasteiger charge is 2.30. The molecule has 1 amide bonds. The fourth-order valence-corrected chi connectivity index (χ4v) is 3.58. The smallest absolute Gasteiger partial charge is 0.226 e. The van der Waals surface area contributed by atoms with E-state index in [9.17, 15) is 4.79 Å². The Kier molecular flexibility index (Phi) is 4.77. The summed E-state index contributed by atoms with van der Waals surface area (Å²) in [6.45, 7) is 4.49. The second-order valence-electron chi connectivity index (χ2n) is 7.10. The van der Waals surface area contributed by atoms with Crippen molar-refractivity contribution < 1.29 is 14.3 Å². The van der Waals surface area contributed by atoms with E-state index in [2.05, 4.69) is 46.7 Å². The third-order valence-corrected chi connectivity index (χ3v) is 5.10. The molecule has 0 aliphatic carbocycles. The van der Waals surface area contributed by atoms with Crippen molar-refractivity contribution >= 4 is 11.7 Å². The molecule has 0 fully saturated rings. The van der Waals surface area contributed by atoms with Gasteiger partial charge in [-0.1, -0.05) is 35.9 Å². The molecule has 1 aromatic heterocycles. The maximum Gasteiger partial charge on any atom is 0.226 e. The lowest BCUT2D eigenvalue weighted by atomic mass is 9.85. The summed E-state index contributed by atoms with van der Waals surface area (Å²) in [5, 5.41) is 9.99. The maximum atomic E-state index is 12.1. The van der Waals surface area contributed by atoms with Gasteiger partial charge in [-0.2, -0.15) is 5.10 Å². The quantitative estimate of drug-likeness (QED) is 0.702. The van der Waals surface area contributed by atoms with E-state index in [1.807, 2.05) is 25.1 Å². The number of H-pyrrole nitrogens is 1. The van der Waals surface area contributed by atoms with Gasteiger partial charge in [0.2, 0.25) is 5.91 Å². The van der Waals surface area contributed by atoms with Gasteiger partial charge in [-0.05, 0) is 37.1 Å². The van der Waals surface area contributed by atoms with Crippen molar-refractivity contribution in [3.63, 3.8) is 0 Å². The molecule has 28 heavy (non-hydrogen) atoms. The number of ether oxygens (including phenoxy) is 2. The number of amides is 1. The number of aryl methyl sites for hydroxylation is 2. The van der Waals surface area contributed by atoms with Crippen LogP contribution in [0, 0.1) is 13.8 Å². The lowest BCUT2D eigenvalue weighted by Crippen LogP contribution is -2.23. The summed E-state index contributed by atoms with van der Waals surface area (Å²) >= 11 is 0. The Morgan fingerprint density at radius 2 is 1.89 bits per heavy atom. The number of hydrogen-bond donors (Lipinski definition) is 2. The average molecular weight is 377 g/mol. The second-order valence-corrected chi connectivity index (χ2v) is 7.10. The molecular weight excluding hydrogens is 354 g/mol. The van der Waals surface area contributed by atoms with Crippen molar-refractivity contribution in [3.05, 3.63) is 70.4 Å². The van der Waals surface area contributed by atoms with E-state index in [1.54, 1.807) is 7.11 Å². The number of anilines is 1. The highest BCUT2D eigenvalue weighted by molar-refractivity contribution is 5.94. The molecule has 0 spiro atoms. The Bertz CT molecular complexity index is 1010. The number of hydrogen-bond acceptors (Lipinski definition) is 4. The van der Waals surface area contributed by atoms with Crippen LogP contribution in [0.5, 0.6) is 11.5 Å². The zero-order chi connectivity index (χ0) is 19.7. The van der Waals surface area contributed by atoms with E-state index in [1.165, 1.54) is 5.56 Å². The summed E-state index contributed by atoms with van der Waals surface area (Å²) in [7, 11) is 1.62. The first-order chi connectivity index (χ1) is 13.5. The number of methoxy groups -OCH3 is 1. The molecule has 2 aromatic carbocycles. The predicted octanol–water partition coefficient (Wildman–Crippen LogP) is 4.09. The molecule has 2 heterocycles. The molecular formula is C22H23N3O3. The van der Waals surface area contributed by atoms with Gasteiger partial charge >= 0.3 is 0 Å². The van der Waals surface area contributed by atoms with Crippen LogP contribution < -0.4 is 14.8 Å². The van der Waals surface area contributed by atoms with E-state index < -0.39 is 0 Å². The van der Waals surface area contributed by atoms with E-state index in [0.29, 0.717) is 30.3 Å². The van der Waals surface area contributed by atoms with Gasteiger partial charge in [-0.25, -0.2) is 0 Å². The molecule has 3 aromatic rings. The van der Waals surface area contributed by atoms with Crippen molar-refractivity contribution in [1.29, 1.82) is 0 Å². The fourth-order valence-electron chi connectivity index (χ4n) is 3.58. The molecule has 0 unspecified atom stereocenters. The van der Waals surface area contributed by atoms with Gasteiger partial charge in [0.1, 0.15) is 6.61 Å². The maximum absolute atomic E-state index is 12.1. The lowest BCUT2D eigenvalue weighted by Gasteiger charge is -2.23. The van der Waals surface area contributed by atoms with Gasteiger partial charge in [0.05, 0.1) is 7.11 Å². The molecule has 1 atom stereocenters. The third-order valence-electron chi connectivity index (χ3n) is 5.10. The Hall–Kier alpha value is -3.28. The number of carbonyl (C=O) groups excluding carboxylic acids is 1. The predicted molar refractivity (Wildman–Crippen MR) is 107 cm³/mol. The van der Waals surface area contributed by atoms with Crippen LogP contribution in [0.1, 0.15) is 40.3 Å². The lowest BCUT2D eigenvalue weighted by molar-refractivity contribution is -0.116. The van der Waals surface area contributed by atoms with Gasteiger partial charge in [0.25, 0.3) is 0 Å². The number of aromatic amines is 1. The monoisotopic (exact) mass is 377 g/mol. The zero-order valence-corrected chi connectivity index (χ0v) is 16.2. The van der Waals surface area contributed by atoms with Gasteiger partial charge < -0.3 is 14.8 Å². The molecule has 0 bridgehead atoms. The van der Waals surface area contributed by atoms with Crippen LogP contribution in [0.3, 0.4) is 0 Å². The number of nitrogens with one attached hydrogen (secondary N) is 2. The molecule has 0 saturated heterocycles. The molecule has 0 radical (unpaired) electrons. The van der Waals surface area contributed by atoms with Crippen molar-refractivity contribution in [1.82, 2.24) is 10.2 Å². The first kappa shape index (κ1) is 18.1. The van der Waals surface area contributed by atoms with Crippen LogP contribution in [0.4, 0.5) is 5.82 Å². The van der Waals surface area contributed by atoms with Gasteiger partial charge in [-0.3, -0.25) is 9.89 Å². The Morgan fingerprint density at radius 3 is 2.64 bits per heavy atom. The highest BCUT2D eigenvalue weighted by atomic mass is 16.5. The third kappa shape index (κ3) is 3.45. The minimum absolute atomic E-state index is 0.0392. The molecule has 0 saturated carbocycles. The number of carbonyl (C=O) groups is 1. The first-order valence-corrected chi connectivity index (χ1v) is 9.26. The van der Waals surface area contributed by atoms with Crippen LogP contribution in [0.15, 0.2) is 42.5 Å². The minimum atomic E-state index is -0.0671. The van der Waals surface area contributed by atoms with Crippen LogP contribution in [0.2, 0.25) is 0 Å². The van der Waals surface area contributed by atoms with E-state index in [0.717, 1.165) is 22.4 Å². The van der Waals surface area contributed by atoms with Gasteiger partial charge in [0, 0.05) is 23.6 Å². The van der Waals surface area contributed by atoms with Crippen LogP contribution in [-0.4, -0.2) is 23.2 Å². The average Bonchev–Trinajstić information content (AvgIpc) is 3.07. The molecule has 1 aliphatic rings. The number of nitrogens with zero attached hydrogens (tertiary/aromatic N) is 1. The highest BCUT2D eigenvalue weighted by Crippen LogP contribution is 2.40. The Morgan fingerprint density at radius 1 is 1.11 bits per heavy atom. The summed E-state index contributed by atoms with van der Waals surface area (Å²) in [5.74, 6) is 1.83. The van der Waals surface area contributed by atoms with Crippen LogP contribution in [0.25, 0.3) is 0 Å². The van der Waals surface area contributed by atoms with E-state index in [-0.39, 0.29) is 11.8 Å². The van der Waals surface area contributed by atoms with Crippen molar-refractivity contribution in [2.24, 2.45) is 0 Å². The molecule has 4 rings (SSSR count). The molecule has 1 aliphatic heterocycles. The number of rotatable bonds is 5. The van der Waals surface area contributed by atoms with Gasteiger partial charge in [0.15, 0.2) is 17.3 Å². The Labute approximate surface area is 163 Å². The molecule has 144 valence electrons. The van der Waals surface area contributed by atoms with Crippen LogP contribution in [-0.2, 0) is 11.4 Å². The van der Waals surface area contributed by atoms with Crippen LogP contribution >= 0.6 is 0 Å². The van der Waals surface area contributed by atoms with E-state index >= 15 is 0 Å². The summed E-state index contributed by atoms with van der Waals surface area (Å²) < 4.78 is 11.5. The first-order valence-electron chi connectivity index (χ1n) is 9.26. The summed E-state index contributed by atoms with van der Waals surface area (Å²) in [6, 6.07) is 14.1. The molecule has 2 N–H and O–H groups in total. The standard InChI is InChI=1S/C22H23N3O3/c1-13-4-6-15(7-5-13)12-28-18-9-8-16(10-19(18)27-3)17-11-20(26)23-22-21(17)14(2)24-25-22/h4-10,17H,11-12H2,1-3H3,(H2,23,24,25,26)/t17-/m1/s1. The van der Waals surface area contributed by atoms with Gasteiger partial charge in [-0.15, -0.1) is 0 Å². The number of fused-ring (bicyclic) bond motifs is 1. The van der Waals surface area contributed by atoms with Crippen molar-refractivity contribution in [3.8, 4) is 11.5 Å². The number of benzene rings is 2. The normalized spacial score (nSPS) is 15.7. The summed E-state index contributed by atoms with van der Waals surface area (Å²) in [6.07, 6.45) is 0.375. The number of aromatic nitrogens is 2. The molecule has 6 heteroatoms. The summed E-state index contributed by atoms with van der Waals surface area (Å²) in [5.41, 5.74) is 5.30. The minimum Gasteiger partial charge on any atom is -0.493 e.